The molecule has 88 valence electrons. The van der Waals surface area contributed by atoms with Gasteiger partial charge >= 0.3 is 5.97 Å². The van der Waals surface area contributed by atoms with E-state index in [-0.39, 0.29) is 6.61 Å². The molecular weight excluding hydrogens is 286 g/mol. The number of Topliss-reactive ketones (excluding diaryl/α,β-unsaturated/α-hetero) is 1. The molecule has 0 aromatic heterocycles. The number of alkyl halides is 1. The molecule has 0 bridgehead atoms. The van der Waals surface area contributed by atoms with Gasteiger partial charge in [0.25, 0.3) is 0 Å². The number of hydrogen-bond donors (Lipinski definition) is 0. The fourth-order valence-corrected chi connectivity index (χ4v) is 1.61. The van der Waals surface area contributed by atoms with Gasteiger partial charge in [0.2, 0.25) is 0 Å². The van der Waals surface area contributed by atoms with Crippen LogP contribution in [0, 0.1) is 11.3 Å². The Bertz CT molecular complexity index is 479. The average molecular weight is 296 g/mol. The van der Waals surface area contributed by atoms with Crippen molar-refractivity contribution < 1.29 is 14.3 Å². The molecule has 4 nitrogen and oxygen atoms in total. The fourth-order valence-electron chi connectivity index (χ4n) is 1.21. The maximum Gasteiger partial charge on any atom is 0.327 e. The number of esters is 1. The lowest BCUT2D eigenvalue weighted by atomic mass is 10.1. The second-order valence-corrected chi connectivity index (χ2v) is 4.09. The SMILES string of the molecule is CCOC(=O)C(Br)C(=O)c1cccc(C#N)c1. The highest BCUT2D eigenvalue weighted by molar-refractivity contribution is 9.10. The van der Waals surface area contributed by atoms with Gasteiger partial charge in [0.05, 0.1) is 18.2 Å². The van der Waals surface area contributed by atoms with Gasteiger partial charge in [-0.05, 0) is 19.1 Å². The Morgan fingerprint density at radius 1 is 1.53 bits per heavy atom. The summed E-state index contributed by atoms with van der Waals surface area (Å²) in [5.41, 5.74) is 0.679. The molecule has 1 rings (SSSR count). The largest absolute Gasteiger partial charge is 0.465 e. The van der Waals surface area contributed by atoms with Gasteiger partial charge in [-0.3, -0.25) is 9.59 Å². The predicted molar refractivity (Wildman–Crippen MR) is 64.8 cm³/mol. The first-order chi connectivity index (χ1) is 8.10. The quantitative estimate of drug-likeness (QED) is 0.369. The summed E-state index contributed by atoms with van der Waals surface area (Å²) in [6, 6.07) is 8.11. The van der Waals surface area contributed by atoms with Gasteiger partial charge in [-0.25, -0.2) is 0 Å². The minimum atomic E-state index is -1.03. The van der Waals surface area contributed by atoms with E-state index < -0.39 is 16.6 Å². The van der Waals surface area contributed by atoms with Gasteiger partial charge in [-0.1, -0.05) is 28.1 Å². The average Bonchev–Trinajstić information content (AvgIpc) is 2.37. The maximum atomic E-state index is 11.9. The van der Waals surface area contributed by atoms with E-state index in [0.29, 0.717) is 11.1 Å². The van der Waals surface area contributed by atoms with Crippen LogP contribution in [0.5, 0.6) is 0 Å². The van der Waals surface area contributed by atoms with E-state index in [1.165, 1.54) is 6.07 Å². The summed E-state index contributed by atoms with van der Waals surface area (Å²) in [5, 5.41) is 8.71. The zero-order chi connectivity index (χ0) is 12.8. The van der Waals surface area contributed by atoms with Crippen molar-refractivity contribution in [1.82, 2.24) is 0 Å². The number of rotatable bonds is 4. The number of carbonyl (C=O) groups excluding carboxylic acids is 2. The Morgan fingerprint density at radius 2 is 2.24 bits per heavy atom. The van der Waals surface area contributed by atoms with Crippen LogP contribution >= 0.6 is 15.9 Å². The van der Waals surface area contributed by atoms with Gasteiger partial charge in [-0.15, -0.1) is 0 Å². The second kappa shape index (κ2) is 6.16. The van der Waals surface area contributed by atoms with Crippen molar-refractivity contribution >= 4 is 27.7 Å². The van der Waals surface area contributed by atoms with Crippen molar-refractivity contribution in [2.75, 3.05) is 6.61 Å². The van der Waals surface area contributed by atoms with Crippen LogP contribution in [0.3, 0.4) is 0 Å². The number of nitrogens with zero attached hydrogens (tertiary/aromatic N) is 1. The molecule has 0 amide bonds. The highest BCUT2D eigenvalue weighted by Crippen LogP contribution is 2.13. The molecule has 0 spiro atoms. The van der Waals surface area contributed by atoms with E-state index in [1.54, 1.807) is 25.1 Å². The predicted octanol–water partition coefficient (Wildman–Crippen LogP) is 2.07. The molecule has 0 heterocycles. The molecular formula is C12H10BrNO3. The normalized spacial score (nSPS) is 11.4. The third kappa shape index (κ3) is 3.40. The van der Waals surface area contributed by atoms with Crippen LogP contribution < -0.4 is 0 Å². The number of ketones is 1. The molecule has 0 aliphatic carbocycles. The number of ether oxygens (including phenoxy) is 1. The van der Waals surface area contributed by atoms with Crippen molar-refractivity contribution in [2.24, 2.45) is 0 Å². The van der Waals surface area contributed by atoms with E-state index in [4.69, 9.17) is 10.00 Å². The van der Waals surface area contributed by atoms with Gasteiger partial charge in [-0.2, -0.15) is 5.26 Å². The van der Waals surface area contributed by atoms with Gasteiger partial charge in [0, 0.05) is 5.56 Å². The van der Waals surface area contributed by atoms with Gasteiger partial charge in [0.1, 0.15) is 0 Å². The van der Waals surface area contributed by atoms with E-state index in [1.807, 2.05) is 6.07 Å². The summed E-state index contributed by atoms with van der Waals surface area (Å²) in [6.07, 6.45) is 0. The fraction of sp³-hybridized carbons (Fsp3) is 0.250. The number of nitriles is 1. The zero-order valence-corrected chi connectivity index (χ0v) is 10.7. The van der Waals surface area contributed by atoms with Crippen LogP contribution in [-0.2, 0) is 9.53 Å². The Morgan fingerprint density at radius 3 is 2.82 bits per heavy atom. The highest BCUT2D eigenvalue weighted by atomic mass is 79.9. The van der Waals surface area contributed by atoms with Crippen LogP contribution in [0.2, 0.25) is 0 Å². The molecule has 0 aliphatic heterocycles. The van der Waals surface area contributed by atoms with Crippen molar-refractivity contribution in [3.63, 3.8) is 0 Å². The Hall–Kier alpha value is -1.67. The van der Waals surface area contributed by atoms with E-state index >= 15 is 0 Å². The molecule has 5 heteroatoms. The summed E-state index contributed by atoms with van der Waals surface area (Å²) >= 11 is 2.99. The number of benzene rings is 1. The van der Waals surface area contributed by atoms with Crippen molar-refractivity contribution in [3.8, 4) is 6.07 Å². The molecule has 1 aromatic carbocycles. The lowest BCUT2D eigenvalue weighted by Crippen LogP contribution is -2.26. The van der Waals surface area contributed by atoms with Crippen molar-refractivity contribution in [1.29, 1.82) is 5.26 Å². The lowest BCUT2D eigenvalue weighted by molar-refractivity contribution is -0.141. The second-order valence-electron chi connectivity index (χ2n) is 3.17. The first-order valence-electron chi connectivity index (χ1n) is 4.95. The monoisotopic (exact) mass is 295 g/mol. The highest BCUT2D eigenvalue weighted by Gasteiger charge is 2.25. The summed E-state index contributed by atoms with van der Waals surface area (Å²) in [4.78, 5) is 22.2. The minimum Gasteiger partial charge on any atom is -0.465 e. The smallest absolute Gasteiger partial charge is 0.327 e. The van der Waals surface area contributed by atoms with Gasteiger partial charge < -0.3 is 4.74 Å². The number of halogens is 1. The third-order valence-electron chi connectivity index (χ3n) is 2.00. The third-order valence-corrected chi connectivity index (χ3v) is 2.79. The lowest BCUT2D eigenvalue weighted by Gasteiger charge is -2.08. The van der Waals surface area contributed by atoms with Crippen LogP contribution in [0.15, 0.2) is 24.3 Å². The number of carbonyl (C=O) groups is 2. The molecule has 1 unspecified atom stereocenters. The molecule has 0 radical (unpaired) electrons. The van der Waals surface area contributed by atoms with Crippen molar-refractivity contribution in [2.45, 2.75) is 11.8 Å². The maximum absolute atomic E-state index is 11.9. The Kier molecular flexibility index (Phi) is 4.85. The molecule has 0 aliphatic rings. The van der Waals surface area contributed by atoms with Crippen LogP contribution in [-0.4, -0.2) is 23.2 Å². The molecule has 0 saturated heterocycles. The topological polar surface area (TPSA) is 67.2 Å². The van der Waals surface area contributed by atoms with Crippen molar-refractivity contribution in [3.05, 3.63) is 35.4 Å². The Labute approximate surface area is 107 Å². The Balaban J connectivity index is 2.89. The summed E-state index contributed by atoms with van der Waals surface area (Å²) < 4.78 is 4.73. The first-order valence-corrected chi connectivity index (χ1v) is 5.86. The first kappa shape index (κ1) is 13.4. The van der Waals surface area contributed by atoms with E-state index in [2.05, 4.69) is 15.9 Å². The summed E-state index contributed by atoms with van der Waals surface area (Å²) in [7, 11) is 0. The van der Waals surface area contributed by atoms with Crippen LogP contribution in [0.1, 0.15) is 22.8 Å². The molecule has 0 N–H and O–H groups in total. The molecule has 1 atom stereocenters. The zero-order valence-electron chi connectivity index (χ0n) is 9.14. The molecule has 0 fully saturated rings. The minimum absolute atomic E-state index is 0.215. The van der Waals surface area contributed by atoms with Crippen LogP contribution in [0.25, 0.3) is 0 Å². The molecule has 0 saturated carbocycles. The standard InChI is InChI=1S/C12H10BrNO3/c1-2-17-12(16)10(13)11(15)9-5-3-4-8(6-9)7-14/h3-6,10H,2H2,1H3. The molecule has 1 aromatic rings. The summed E-state index contributed by atoms with van der Waals surface area (Å²) in [6.45, 7) is 1.88. The van der Waals surface area contributed by atoms with E-state index in [0.717, 1.165) is 0 Å². The summed E-state index contributed by atoms with van der Waals surface area (Å²) in [5.74, 6) is -1.04. The van der Waals surface area contributed by atoms with E-state index in [9.17, 15) is 9.59 Å². The molecule has 17 heavy (non-hydrogen) atoms. The number of hydrogen-bond acceptors (Lipinski definition) is 4. The van der Waals surface area contributed by atoms with Crippen LogP contribution in [0.4, 0.5) is 0 Å². The van der Waals surface area contributed by atoms with Gasteiger partial charge in [0.15, 0.2) is 10.6 Å².